The first kappa shape index (κ1) is 8.59. The van der Waals surface area contributed by atoms with E-state index in [2.05, 4.69) is 0 Å². The van der Waals surface area contributed by atoms with Crippen LogP contribution in [-0.2, 0) is 0 Å². The highest BCUT2D eigenvalue weighted by Crippen LogP contribution is 2.36. The molecule has 2 rings (SSSR count). The number of hydrogen-bond acceptors (Lipinski definition) is 0. The molecule has 12 heavy (non-hydrogen) atoms. The van der Waals surface area contributed by atoms with E-state index in [1.165, 1.54) is 32.1 Å². The van der Waals surface area contributed by atoms with E-state index < -0.39 is 0 Å². The summed E-state index contributed by atoms with van der Waals surface area (Å²) in [5.41, 5.74) is 0. The van der Waals surface area contributed by atoms with E-state index in [1.54, 1.807) is 32.1 Å². The van der Waals surface area contributed by atoms with Gasteiger partial charge in [0.15, 0.2) is 0 Å². The second-order valence-corrected chi connectivity index (χ2v) is 4.89. The molecule has 2 bridgehead atoms. The summed E-state index contributed by atoms with van der Waals surface area (Å²) < 4.78 is 0. The first-order valence-corrected chi connectivity index (χ1v) is 5.95. The molecule has 0 nitrogen and oxygen atoms in total. The Morgan fingerprint density at radius 3 is 1.58 bits per heavy atom. The number of fused-ring (bicyclic) bond motifs is 2. The van der Waals surface area contributed by atoms with Gasteiger partial charge in [-0.05, 0) is 18.3 Å². The Bertz CT molecular complexity index is 114. The van der Waals surface area contributed by atoms with Crippen molar-refractivity contribution in [2.45, 2.75) is 64.2 Å². The molecule has 70 valence electrons. The third kappa shape index (κ3) is 2.24. The SMILES string of the molecule is C1CCCC2CCCC(CC1)C2. The predicted octanol–water partition coefficient (Wildman–Crippen LogP) is 4.15. The third-order valence-corrected chi connectivity index (χ3v) is 3.87. The van der Waals surface area contributed by atoms with Gasteiger partial charge in [0, 0.05) is 0 Å². The maximum atomic E-state index is 1.58. The largest absolute Gasteiger partial charge is 0.0533 e. The van der Waals surface area contributed by atoms with Crippen LogP contribution in [0.3, 0.4) is 0 Å². The molecule has 0 spiro atoms. The van der Waals surface area contributed by atoms with Gasteiger partial charge in [-0.2, -0.15) is 0 Å². The Morgan fingerprint density at radius 2 is 1.00 bits per heavy atom. The van der Waals surface area contributed by atoms with Crippen molar-refractivity contribution in [3.05, 3.63) is 0 Å². The van der Waals surface area contributed by atoms with Crippen LogP contribution in [0.15, 0.2) is 0 Å². The highest BCUT2D eigenvalue weighted by atomic mass is 14.3. The Kier molecular flexibility index (Phi) is 3.08. The molecule has 2 unspecified atom stereocenters. The Labute approximate surface area is 76.7 Å². The highest BCUT2D eigenvalue weighted by Gasteiger charge is 2.22. The highest BCUT2D eigenvalue weighted by molar-refractivity contribution is 4.74. The lowest BCUT2D eigenvalue weighted by Crippen LogP contribution is -2.14. The van der Waals surface area contributed by atoms with Crippen molar-refractivity contribution in [2.24, 2.45) is 11.8 Å². The van der Waals surface area contributed by atoms with Crippen molar-refractivity contribution < 1.29 is 0 Å². The van der Waals surface area contributed by atoms with E-state index in [9.17, 15) is 0 Å². The molecule has 0 radical (unpaired) electrons. The molecule has 0 amide bonds. The van der Waals surface area contributed by atoms with Crippen molar-refractivity contribution in [3.8, 4) is 0 Å². The normalized spacial score (nSPS) is 38.0. The molecular formula is C12H22. The second-order valence-electron chi connectivity index (χ2n) is 4.89. The fourth-order valence-corrected chi connectivity index (χ4v) is 3.15. The summed E-state index contributed by atoms with van der Waals surface area (Å²) in [6.45, 7) is 0. The Morgan fingerprint density at radius 1 is 0.500 bits per heavy atom. The predicted molar refractivity (Wildman–Crippen MR) is 53.2 cm³/mol. The first-order chi connectivity index (χ1) is 5.95. The van der Waals surface area contributed by atoms with Crippen LogP contribution in [0.4, 0.5) is 0 Å². The summed E-state index contributed by atoms with van der Waals surface area (Å²) in [4.78, 5) is 0. The van der Waals surface area contributed by atoms with Gasteiger partial charge in [-0.3, -0.25) is 0 Å². The van der Waals surface area contributed by atoms with Crippen LogP contribution < -0.4 is 0 Å². The van der Waals surface area contributed by atoms with E-state index in [1.807, 2.05) is 0 Å². The summed E-state index contributed by atoms with van der Waals surface area (Å²) in [5.74, 6) is 2.25. The van der Waals surface area contributed by atoms with Crippen LogP contribution in [0.2, 0.25) is 0 Å². The number of rotatable bonds is 0. The maximum Gasteiger partial charge on any atom is -0.0412 e. The lowest BCUT2D eigenvalue weighted by Gasteiger charge is -2.28. The van der Waals surface area contributed by atoms with E-state index in [4.69, 9.17) is 0 Å². The minimum atomic E-state index is 1.13. The molecule has 2 atom stereocenters. The van der Waals surface area contributed by atoms with E-state index >= 15 is 0 Å². The van der Waals surface area contributed by atoms with Crippen LogP contribution in [0, 0.1) is 11.8 Å². The minimum Gasteiger partial charge on any atom is -0.0533 e. The lowest BCUT2D eigenvalue weighted by molar-refractivity contribution is 0.247. The van der Waals surface area contributed by atoms with Gasteiger partial charge in [-0.15, -0.1) is 0 Å². The molecule has 0 aliphatic heterocycles. The monoisotopic (exact) mass is 166 g/mol. The van der Waals surface area contributed by atoms with Crippen LogP contribution in [0.5, 0.6) is 0 Å². The summed E-state index contributed by atoms with van der Waals surface area (Å²) in [6, 6.07) is 0. The van der Waals surface area contributed by atoms with Crippen molar-refractivity contribution in [1.82, 2.24) is 0 Å². The smallest absolute Gasteiger partial charge is 0.0412 e. The van der Waals surface area contributed by atoms with Crippen molar-refractivity contribution in [3.63, 3.8) is 0 Å². The fourth-order valence-electron chi connectivity index (χ4n) is 3.15. The van der Waals surface area contributed by atoms with Crippen LogP contribution in [0.1, 0.15) is 64.2 Å². The second kappa shape index (κ2) is 4.30. The van der Waals surface area contributed by atoms with Gasteiger partial charge in [0.05, 0.1) is 0 Å². The van der Waals surface area contributed by atoms with Gasteiger partial charge >= 0.3 is 0 Å². The standard InChI is InChI=1S/C12H22/c1-2-4-7-12-9-5-8-11(10-12)6-3-1/h11-12H,1-10H2. The van der Waals surface area contributed by atoms with Crippen LogP contribution in [0.25, 0.3) is 0 Å². The molecule has 0 heterocycles. The number of hydrogen-bond donors (Lipinski definition) is 0. The molecule has 0 aromatic carbocycles. The Hall–Kier alpha value is 0. The molecule has 0 saturated heterocycles. The van der Waals surface area contributed by atoms with Crippen molar-refractivity contribution >= 4 is 0 Å². The van der Waals surface area contributed by atoms with Gasteiger partial charge < -0.3 is 0 Å². The van der Waals surface area contributed by atoms with Gasteiger partial charge in [0.1, 0.15) is 0 Å². The average molecular weight is 166 g/mol. The average Bonchev–Trinajstić information content (AvgIpc) is 2.17. The molecule has 0 N–H and O–H groups in total. The van der Waals surface area contributed by atoms with Gasteiger partial charge in [-0.1, -0.05) is 57.8 Å². The molecule has 2 fully saturated rings. The zero-order valence-corrected chi connectivity index (χ0v) is 8.23. The topological polar surface area (TPSA) is 0 Å². The van der Waals surface area contributed by atoms with Crippen molar-refractivity contribution in [1.29, 1.82) is 0 Å². The summed E-state index contributed by atoms with van der Waals surface area (Å²) in [7, 11) is 0. The molecule has 2 saturated carbocycles. The first-order valence-electron chi connectivity index (χ1n) is 5.95. The summed E-state index contributed by atoms with van der Waals surface area (Å²) in [5, 5.41) is 0. The zero-order valence-electron chi connectivity index (χ0n) is 8.23. The maximum absolute atomic E-state index is 1.58. The van der Waals surface area contributed by atoms with E-state index in [0.717, 1.165) is 11.8 Å². The van der Waals surface area contributed by atoms with Crippen LogP contribution >= 0.6 is 0 Å². The summed E-state index contributed by atoms with van der Waals surface area (Å²) >= 11 is 0. The third-order valence-electron chi connectivity index (χ3n) is 3.87. The lowest BCUT2D eigenvalue weighted by atomic mass is 9.78. The van der Waals surface area contributed by atoms with E-state index in [-0.39, 0.29) is 0 Å². The molecule has 0 aromatic rings. The molecule has 0 aromatic heterocycles. The van der Waals surface area contributed by atoms with Gasteiger partial charge in [-0.25, -0.2) is 0 Å². The van der Waals surface area contributed by atoms with Gasteiger partial charge in [0.25, 0.3) is 0 Å². The molecule has 2 aliphatic carbocycles. The minimum absolute atomic E-state index is 1.13. The van der Waals surface area contributed by atoms with E-state index in [0.29, 0.717) is 0 Å². The fraction of sp³-hybridized carbons (Fsp3) is 1.00. The Balaban J connectivity index is 1.88. The summed E-state index contributed by atoms with van der Waals surface area (Å²) in [6.07, 6.45) is 15.4. The zero-order chi connectivity index (χ0) is 8.23. The molecular weight excluding hydrogens is 144 g/mol. The van der Waals surface area contributed by atoms with Crippen LogP contribution in [-0.4, -0.2) is 0 Å². The van der Waals surface area contributed by atoms with Gasteiger partial charge in [0.2, 0.25) is 0 Å². The molecule has 0 heteroatoms. The quantitative estimate of drug-likeness (QED) is 0.507. The molecule has 2 aliphatic rings. The van der Waals surface area contributed by atoms with Crippen molar-refractivity contribution in [2.75, 3.05) is 0 Å².